The molecule has 1 aliphatic heterocycles. The first-order valence-corrected chi connectivity index (χ1v) is 16.7. The van der Waals surface area contributed by atoms with Gasteiger partial charge in [0.05, 0.1) is 41.1 Å². The maximum absolute atomic E-state index is 5.11. The number of hydrogen-bond acceptors (Lipinski definition) is 4. The van der Waals surface area contributed by atoms with Gasteiger partial charge in [0.15, 0.2) is 0 Å². The molecule has 4 heterocycles. The van der Waals surface area contributed by atoms with Crippen molar-refractivity contribution in [1.29, 1.82) is 0 Å². The maximum atomic E-state index is 5.11. The Labute approximate surface area is 278 Å². The molecule has 3 aromatic heterocycles. The average molecular weight is 616 g/mol. The van der Waals surface area contributed by atoms with Gasteiger partial charge < -0.3 is 4.90 Å². The van der Waals surface area contributed by atoms with Gasteiger partial charge in [0.25, 0.3) is 0 Å². The number of aliphatic imine (C=N–C) groups is 1. The Kier molecular flexibility index (Phi) is 8.79. The summed E-state index contributed by atoms with van der Waals surface area (Å²) >= 11 is 0. The van der Waals surface area contributed by atoms with Crippen molar-refractivity contribution < 1.29 is 0 Å². The Morgan fingerprint density at radius 3 is 2.55 bits per heavy atom. The summed E-state index contributed by atoms with van der Waals surface area (Å²) in [6.07, 6.45) is 21.8. The zero-order chi connectivity index (χ0) is 32.2. The largest absolute Gasteiger partial charge is 0.362 e. The van der Waals surface area contributed by atoms with Crippen molar-refractivity contribution >= 4 is 17.1 Å². The molecule has 47 heavy (non-hydrogen) atoms. The molecule has 2 aliphatic rings. The summed E-state index contributed by atoms with van der Waals surface area (Å²) in [4.78, 5) is 17.1. The summed E-state index contributed by atoms with van der Waals surface area (Å²) in [6, 6.07) is 28.3. The molecule has 0 N–H and O–H groups in total. The van der Waals surface area contributed by atoms with E-state index in [4.69, 9.17) is 15.0 Å². The predicted octanol–water partition coefficient (Wildman–Crippen LogP) is 9.35. The van der Waals surface area contributed by atoms with Crippen molar-refractivity contribution in [2.45, 2.75) is 45.6 Å². The van der Waals surface area contributed by atoms with E-state index in [0.29, 0.717) is 6.54 Å². The summed E-state index contributed by atoms with van der Waals surface area (Å²) in [5, 5.41) is 0. The molecule has 0 spiro atoms. The zero-order valence-electron chi connectivity index (χ0n) is 27.5. The smallest absolute Gasteiger partial charge is 0.137 e. The lowest BCUT2D eigenvalue weighted by atomic mass is 9.94. The second kappa shape index (κ2) is 13.6. The van der Waals surface area contributed by atoms with Gasteiger partial charge in [0.2, 0.25) is 0 Å². The van der Waals surface area contributed by atoms with Crippen LogP contribution in [0, 0.1) is 6.92 Å². The number of rotatable bonds is 9. The van der Waals surface area contributed by atoms with Crippen LogP contribution in [0.4, 0.5) is 0 Å². The molecule has 1 atom stereocenters. The third-order valence-corrected chi connectivity index (χ3v) is 9.17. The van der Waals surface area contributed by atoms with Gasteiger partial charge >= 0.3 is 0 Å². The number of unbranched alkanes of at least 4 members (excludes halogenated alkanes) is 2. The molecule has 0 fully saturated rings. The average Bonchev–Trinajstić information content (AvgIpc) is 3.31. The number of allylic oxidation sites excluding steroid dienone is 5. The minimum atomic E-state index is 0.134. The third-order valence-electron chi connectivity index (χ3n) is 9.17. The molecule has 0 amide bonds. The number of benzene rings is 2. The molecule has 7 rings (SSSR count). The van der Waals surface area contributed by atoms with Gasteiger partial charge in [-0.25, -0.2) is 4.98 Å². The molecule has 5 heteroatoms. The molecule has 0 bridgehead atoms. The fourth-order valence-corrected chi connectivity index (χ4v) is 6.70. The number of hydrogen-bond donors (Lipinski definition) is 0. The zero-order valence-corrected chi connectivity index (χ0v) is 27.5. The van der Waals surface area contributed by atoms with Crippen molar-refractivity contribution in [1.82, 2.24) is 19.3 Å². The Balaban J connectivity index is 1.14. The van der Waals surface area contributed by atoms with E-state index in [9.17, 15) is 0 Å². The van der Waals surface area contributed by atoms with E-state index in [1.807, 2.05) is 30.5 Å². The molecule has 5 aromatic rings. The molecule has 1 aliphatic carbocycles. The Bertz CT molecular complexity index is 2040. The Morgan fingerprint density at radius 1 is 0.936 bits per heavy atom. The highest BCUT2D eigenvalue weighted by Gasteiger charge is 2.26. The van der Waals surface area contributed by atoms with E-state index in [0.717, 1.165) is 46.8 Å². The van der Waals surface area contributed by atoms with Crippen molar-refractivity contribution in [3.8, 4) is 11.1 Å². The van der Waals surface area contributed by atoms with Crippen LogP contribution in [0.15, 0.2) is 138 Å². The first-order chi connectivity index (χ1) is 23.1. The summed E-state index contributed by atoms with van der Waals surface area (Å²) in [6.45, 7) is 4.94. The highest BCUT2D eigenvalue weighted by Crippen LogP contribution is 2.38. The van der Waals surface area contributed by atoms with Crippen LogP contribution >= 0.6 is 0 Å². The number of likely N-dealkylation sites (N-methyl/N-ethyl adjacent to an activating group) is 1. The van der Waals surface area contributed by atoms with Gasteiger partial charge in [-0.05, 0) is 65.8 Å². The fraction of sp³-hybridized carbons (Fsp3) is 0.214. The van der Waals surface area contributed by atoms with Crippen molar-refractivity contribution in [2.24, 2.45) is 4.99 Å². The van der Waals surface area contributed by atoms with E-state index in [-0.39, 0.29) is 6.04 Å². The van der Waals surface area contributed by atoms with E-state index >= 15 is 0 Å². The van der Waals surface area contributed by atoms with Crippen LogP contribution in [0.25, 0.3) is 22.5 Å². The van der Waals surface area contributed by atoms with E-state index in [2.05, 4.69) is 127 Å². The van der Waals surface area contributed by atoms with Gasteiger partial charge in [0.1, 0.15) is 5.65 Å². The molecule has 0 saturated carbocycles. The van der Waals surface area contributed by atoms with Crippen LogP contribution in [-0.2, 0) is 6.42 Å². The molecular weight excluding hydrogens is 574 g/mol. The van der Waals surface area contributed by atoms with Crippen molar-refractivity contribution in [3.05, 3.63) is 167 Å². The monoisotopic (exact) mass is 615 g/mol. The van der Waals surface area contributed by atoms with Gasteiger partial charge in [-0.1, -0.05) is 117 Å². The highest BCUT2D eigenvalue weighted by molar-refractivity contribution is 6.13. The molecule has 1 unspecified atom stereocenters. The maximum Gasteiger partial charge on any atom is 0.137 e. The molecule has 5 nitrogen and oxygen atoms in total. The number of aromatic nitrogens is 3. The minimum absolute atomic E-state index is 0.134. The molecule has 0 saturated heterocycles. The Hall–Kier alpha value is -5.29. The van der Waals surface area contributed by atoms with E-state index in [1.54, 1.807) is 0 Å². The Morgan fingerprint density at radius 2 is 1.74 bits per heavy atom. The van der Waals surface area contributed by atoms with Crippen LogP contribution in [-0.4, -0.2) is 38.6 Å². The van der Waals surface area contributed by atoms with Crippen LogP contribution < -0.4 is 0 Å². The van der Waals surface area contributed by atoms with Gasteiger partial charge in [-0.3, -0.25) is 14.4 Å². The highest BCUT2D eigenvalue weighted by atomic mass is 15.2. The summed E-state index contributed by atoms with van der Waals surface area (Å²) in [7, 11) is 2.18. The molecule has 234 valence electrons. The number of aryl methyl sites for hydroxylation is 1. The van der Waals surface area contributed by atoms with Gasteiger partial charge in [0, 0.05) is 25.0 Å². The lowest BCUT2D eigenvalue weighted by Crippen LogP contribution is -2.26. The number of pyridine rings is 2. The lowest BCUT2D eigenvalue weighted by Gasteiger charge is -2.34. The second-order valence-electron chi connectivity index (χ2n) is 12.3. The predicted molar refractivity (Wildman–Crippen MR) is 195 cm³/mol. The first kappa shape index (κ1) is 30.4. The van der Waals surface area contributed by atoms with Crippen LogP contribution in [0.2, 0.25) is 0 Å². The summed E-state index contributed by atoms with van der Waals surface area (Å²) in [5.41, 5.74) is 13.4. The van der Waals surface area contributed by atoms with Crippen molar-refractivity contribution in [2.75, 3.05) is 13.6 Å². The minimum Gasteiger partial charge on any atom is -0.362 e. The normalized spacial score (nSPS) is 16.2. The van der Waals surface area contributed by atoms with E-state index in [1.165, 1.54) is 46.4 Å². The van der Waals surface area contributed by atoms with Crippen LogP contribution in [0.5, 0.6) is 0 Å². The number of fused-ring (bicyclic) bond motifs is 3. The van der Waals surface area contributed by atoms with Gasteiger partial charge in [-0.2, -0.15) is 0 Å². The van der Waals surface area contributed by atoms with Crippen LogP contribution in [0.1, 0.15) is 66.0 Å². The summed E-state index contributed by atoms with van der Waals surface area (Å²) < 4.78 is 2.15. The molecule has 0 radical (unpaired) electrons. The van der Waals surface area contributed by atoms with Gasteiger partial charge in [-0.15, -0.1) is 0 Å². The quantitative estimate of drug-likeness (QED) is 0.0943. The molecular formula is C42H41N5. The summed E-state index contributed by atoms with van der Waals surface area (Å²) in [5.74, 6) is 0. The SMILES string of the molecule is CCCC/C=C\CN=C(c1ccc(-c2ccc(C3C=CC4=C(c5ncccc5CC=C4)N3C)cc2)cc1)c1c(C)nc2ccccn12. The number of nitrogens with zero attached hydrogens (tertiary/aromatic N) is 5. The lowest BCUT2D eigenvalue weighted by molar-refractivity contribution is 0.408. The third kappa shape index (κ3) is 6.14. The fourth-order valence-electron chi connectivity index (χ4n) is 6.70. The standard InChI is InChI=1S/C42H41N5/c1-4-5-6-7-9-27-43-39(41-30(2)45-38-16-8-10-29-47(38)41)35-23-19-32(20-24-35)31-17-21-33(22-18-31)37-26-25-36-14-11-13-34-15-12-28-44-40(34)42(36)46(37)3/h7-12,14-26,28-29,37H,4-6,13,27H2,1-3H3/b9-7-,43-39?. The topological polar surface area (TPSA) is 45.8 Å². The van der Waals surface area contributed by atoms with Crippen LogP contribution in [0.3, 0.4) is 0 Å². The first-order valence-electron chi connectivity index (χ1n) is 16.7. The van der Waals surface area contributed by atoms with E-state index < -0.39 is 0 Å². The molecule has 2 aromatic carbocycles. The van der Waals surface area contributed by atoms with Crippen molar-refractivity contribution in [3.63, 3.8) is 0 Å². The second-order valence-corrected chi connectivity index (χ2v) is 12.3. The number of imidazole rings is 1.